The zero-order valence-electron chi connectivity index (χ0n) is 22.4. The number of aryl methyl sites for hydroxylation is 1. The minimum absolute atomic E-state index is 0.0694. The number of ether oxygens (including phenoxy) is 2. The van der Waals surface area contributed by atoms with Crippen LogP contribution in [0.15, 0.2) is 41.3 Å². The second-order valence-corrected chi connectivity index (χ2v) is 12.1. The van der Waals surface area contributed by atoms with Gasteiger partial charge in [-0.05, 0) is 54.3 Å². The van der Waals surface area contributed by atoms with Crippen molar-refractivity contribution in [2.75, 3.05) is 46.0 Å². The Morgan fingerprint density at radius 3 is 2.71 bits per heavy atom. The molecule has 216 valence electrons. The van der Waals surface area contributed by atoms with Gasteiger partial charge in [-0.3, -0.25) is 14.6 Å². The van der Waals surface area contributed by atoms with Crippen molar-refractivity contribution in [3.8, 4) is 16.9 Å². The molecule has 0 bridgehead atoms. The van der Waals surface area contributed by atoms with Crippen LogP contribution in [0.3, 0.4) is 0 Å². The van der Waals surface area contributed by atoms with Crippen molar-refractivity contribution in [1.82, 2.24) is 30.4 Å². The van der Waals surface area contributed by atoms with Crippen molar-refractivity contribution in [2.45, 2.75) is 25.7 Å². The number of aromatic amines is 1. The average molecular weight is 634 g/mol. The molecule has 41 heavy (non-hydrogen) atoms. The van der Waals surface area contributed by atoms with Crippen LogP contribution in [-0.4, -0.2) is 86.7 Å². The molecule has 1 amide bonds. The number of amides is 1. The Hall–Kier alpha value is -2.54. The smallest absolute Gasteiger partial charge is 0.266 e. The Morgan fingerprint density at radius 1 is 1.07 bits per heavy atom. The van der Waals surface area contributed by atoms with Gasteiger partial charge >= 0.3 is 0 Å². The molecule has 2 aliphatic heterocycles. The van der Waals surface area contributed by atoms with Crippen LogP contribution in [0.5, 0.6) is 5.75 Å². The van der Waals surface area contributed by atoms with Crippen LogP contribution in [0.25, 0.3) is 17.2 Å². The third-order valence-corrected chi connectivity index (χ3v) is 8.96. The fourth-order valence-electron chi connectivity index (χ4n) is 4.62. The number of aromatic nitrogens is 4. The monoisotopic (exact) mass is 632 g/mol. The van der Waals surface area contributed by atoms with Gasteiger partial charge in [-0.1, -0.05) is 70.9 Å². The van der Waals surface area contributed by atoms with Gasteiger partial charge in [0.05, 0.1) is 28.2 Å². The minimum Gasteiger partial charge on any atom is -0.492 e. The zero-order valence-corrected chi connectivity index (χ0v) is 25.5. The molecule has 1 N–H and O–H groups in total. The second kappa shape index (κ2) is 14.6. The van der Waals surface area contributed by atoms with E-state index in [1.165, 1.54) is 11.8 Å². The summed E-state index contributed by atoms with van der Waals surface area (Å²) in [6.45, 7) is 5.24. The van der Waals surface area contributed by atoms with Crippen LogP contribution in [0.2, 0.25) is 10.0 Å². The van der Waals surface area contributed by atoms with Gasteiger partial charge in [0.2, 0.25) is 0 Å². The van der Waals surface area contributed by atoms with E-state index >= 15 is 0 Å². The number of H-pyrrole nitrogens is 1. The highest BCUT2D eigenvalue weighted by atomic mass is 35.5. The second-order valence-electron chi connectivity index (χ2n) is 9.66. The molecule has 0 saturated carbocycles. The lowest BCUT2D eigenvalue weighted by Gasteiger charge is -2.26. The van der Waals surface area contributed by atoms with Crippen molar-refractivity contribution in [2.24, 2.45) is 0 Å². The molecule has 5 rings (SSSR count). The van der Waals surface area contributed by atoms with E-state index in [2.05, 4.69) is 25.5 Å². The first-order valence-electron chi connectivity index (χ1n) is 13.5. The van der Waals surface area contributed by atoms with Gasteiger partial charge in [-0.2, -0.15) is 5.21 Å². The maximum absolute atomic E-state index is 13.2. The van der Waals surface area contributed by atoms with E-state index in [0.717, 1.165) is 81.0 Å². The summed E-state index contributed by atoms with van der Waals surface area (Å²) >= 11 is 19.4. The molecule has 13 heteroatoms. The molecule has 0 radical (unpaired) electrons. The lowest BCUT2D eigenvalue weighted by atomic mass is 10.0. The predicted molar refractivity (Wildman–Crippen MR) is 166 cm³/mol. The summed E-state index contributed by atoms with van der Waals surface area (Å²) in [5.74, 6) is 1.37. The first-order valence-corrected chi connectivity index (χ1v) is 15.5. The number of carbonyl (C=O) groups excluding carboxylic acids is 1. The molecule has 2 aliphatic rings. The van der Waals surface area contributed by atoms with Crippen LogP contribution in [0.4, 0.5) is 0 Å². The van der Waals surface area contributed by atoms with Gasteiger partial charge in [0.1, 0.15) is 16.7 Å². The van der Waals surface area contributed by atoms with Gasteiger partial charge in [-0.25, -0.2) is 0 Å². The highest BCUT2D eigenvalue weighted by Crippen LogP contribution is 2.37. The molecular weight excluding hydrogens is 603 g/mol. The van der Waals surface area contributed by atoms with Crippen LogP contribution in [0, 0.1) is 0 Å². The number of nitrogens with one attached hydrogen (secondary N) is 1. The summed E-state index contributed by atoms with van der Waals surface area (Å²) in [4.78, 5) is 17.8. The van der Waals surface area contributed by atoms with Gasteiger partial charge in [0.15, 0.2) is 5.82 Å². The van der Waals surface area contributed by atoms with Gasteiger partial charge < -0.3 is 9.47 Å². The van der Waals surface area contributed by atoms with E-state index in [-0.39, 0.29) is 5.91 Å². The molecule has 3 heterocycles. The normalized spacial score (nSPS) is 17.1. The Bertz CT molecular complexity index is 1400. The number of rotatable bonds is 12. The summed E-state index contributed by atoms with van der Waals surface area (Å²) in [6, 6.07) is 11.4. The number of tetrazole rings is 1. The van der Waals surface area contributed by atoms with Crippen molar-refractivity contribution >= 4 is 63.5 Å². The Balaban J connectivity index is 1.26. The molecule has 2 saturated heterocycles. The molecule has 1 aromatic heterocycles. The first kappa shape index (κ1) is 29.9. The molecule has 9 nitrogen and oxygen atoms in total. The summed E-state index contributed by atoms with van der Waals surface area (Å²) in [5.41, 5.74) is 2.62. The number of carbonyl (C=O) groups is 1. The Labute approximate surface area is 258 Å². The highest BCUT2D eigenvalue weighted by Gasteiger charge is 2.31. The van der Waals surface area contributed by atoms with Crippen molar-refractivity contribution in [1.29, 1.82) is 0 Å². The number of nitrogens with zero attached hydrogens (tertiary/aromatic N) is 5. The van der Waals surface area contributed by atoms with Gasteiger partial charge in [-0.15, -0.1) is 10.2 Å². The molecule has 2 fully saturated rings. The minimum atomic E-state index is -0.0694. The summed E-state index contributed by atoms with van der Waals surface area (Å²) in [7, 11) is 0. The van der Waals surface area contributed by atoms with E-state index in [0.29, 0.717) is 38.2 Å². The molecule has 0 aliphatic carbocycles. The molecule has 2 aromatic carbocycles. The standard InChI is InChI=1S/C28H30Cl2N6O3S2/c29-22-7-6-20(18-23(22)30)21-16-19(5-8-24(21)39-15-12-35-10-13-38-14-11-35)17-25-27(37)36(28(40)41-25)9-3-1-2-4-26-31-33-34-32-26/h5-8,16-18H,1-4,9-15H2,(H,31,32,33,34). The third-order valence-electron chi connectivity index (χ3n) is 6.85. The van der Waals surface area contributed by atoms with Crippen LogP contribution in [-0.2, 0) is 16.0 Å². The van der Waals surface area contributed by atoms with Crippen LogP contribution >= 0.6 is 47.2 Å². The topological polar surface area (TPSA) is 96.5 Å². The largest absolute Gasteiger partial charge is 0.492 e. The summed E-state index contributed by atoms with van der Waals surface area (Å²) in [6.07, 6.45) is 5.33. The van der Waals surface area contributed by atoms with E-state index in [4.69, 9.17) is 44.9 Å². The SMILES string of the molecule is O=C1C(=Cc2ccc(OCCN3CCOCC3)c(-c3ccc(Cl)c(Cl)c3)c2)SC(=S)N1CCCCCc1nn[nH]n1. The summed E-state index contributed by atoms with van der Waals surface area (Å²) < 4.78 is 12.3. The quantitative estimate of drug-likeness (QED) is 0.158. The first-order chi connectivity index (χ1) is 20.0. The highest BCUT2D eigenvalue weighted by molar-refractivity contribution is 8.26. The maximum atomic E-state index is 13.2. The van der Waals surface area contributed by atoms with E-state index in [1.54, 1.807) is 11.0 Å². The van der Waals surface area contributed by atoms with E-state index in [1.807, 2.05) is 36.4 Å². The van der Waals surface area contributed by atoms with E-state index < -0.39 is 0 Å². The molecule has 0 unspecified atom stereocenters. The number of hydrogen-bond donors (Lipinski definition) is 1. The molecule has 0 atom stereocenters. The van der Waals surface area contributed by atoms with Crippen molar-refractivity contribution in [3.63, 3.8) is 0 Å². The fourth-order valence-corrected chi connectivity index (χ4v) is 6.23. The number of hydrogen-bond acceptors (Lipinski definition) is 9. The third kappa shape index (κ3) is 8.06. The number of benzene rings is 2. The number of thiocarbonyl (C=S) groups is 1. The fraction of sp³-hybridized carbons (Fsp3) is 0.393. The number of morpholine rings is 1. The summed E-state index contributed by atoms with van der Waals surface area (Å²) in [5, 5.41) is 14.9. The number of thioether (sulfide) groups is 1. The maximum Gasteiger partial charge on any atom is 0.266 e. The van der Waals surface area contributed by atoms with E-state index in [9.17, 15) is 4.79 Å². The lowest BCUT2D eigenvalue weighted by molar-refractivity contribution is -0.122. The molecule has 3 aromatic rings. The lowest BCUT2D eigenvalue weighted by Crippen LogP contribution is -2.38. The van der Waals surface area contributed by atoms with Crippen molar-refractivity contribution in [3.05, 3.63) is 62.7 Å². The Morgan fingerprint density at radius 2 is 1.93 bits per heavy atom. The van der Waals surface area contributed by atoms with Gasteiger partial charge in [0.25, 0.3) is 5.91 Å². The molecule has 0 spiro atoms. The molecular formula is C28H30Cl2N6O3S2. The predicted octanol–water partition coefficient (Wildman–Crippen LogP) is 5.50. The number of halogens is 2. The Kier molecular flexibility index (Phi) is 10.6. The van der Waals surface area contributed by atoms with Crippen molar-refractivity contribution < 1.29 is 14.3 Å². The van der Waals surface area contributed by atoms with Crippen LogP contribution < -0.4 is 4.74 Å². The number of unbranched alkanes of at least 4 members (excludes halogenated alkanes) is 2. The average Bonchev–Trinajstić information content (AvgIpc) is 3.59. The van der Waals surface area contributed by atoms with Gasteiger partial charge in [0, 0.05) is 38.2 Å². The zero-order chi connectivity index (χ0) is 28.6. The van der Waals surface area contributed by atoms with Crippen LogP contribution in [0.1, 0.15) is 30.7 Å².